The first-order chi connectivity index (χ1) is 8.52. The molecule has 0 aromatic heterocycles. The number of carbonyl (C=O) groups is 2. The maximum absolute atomic E-state index is 12.2. The number of amides is 1. The minimum Gasteiger partial charge on any atom is -0.481 e. The van der Waals surface area contributed by atoms with Gasteiger partial charge in [0.15, 0.2) is 0 Å². The van der Waals surface area contributed by atoms with E-state index < -0.39 is 11.9 Å². The third kappa shape index (κ3) is 4.88. The molecule has 0 saturated carbocycles. The van der Waals surface area contributed by atoms with Crippen molar-refractivity contribution in [1.29, 1.82) is 0 Å². The van der Waals surface area contributed by atoms with Crippen LogP contribution in [0.4, 0.5) is 0 Å². The van der Waals surface area contributed by atoms with Gasteiger partial charge in [-0.15, -0.1) is 11.8 Å². The van der Waals surface area contributed by atoms with Crippen molar-refractivity contribution < 1.29 is 14.7 Å². The van der Waals surface area contributed by atoms with E-state index in [9.17, 15) is 9.59 Å². The molecule has 0 aromatic carbocycles. The molecule has 0 radical (unpaired) electrons. The van der Waals surface area contributed by atoms with E-state index in [-0.39, 0.29) is 11.2 Å². The van der Waals surface area contributed by atoms with Crippen LogP contribution in [-0.4, -0.2) is 46.0 Å². The lowest BCUT2D eigenvalue weighted by molar-refractivity contribution is -0.140. The topological polar surface area (TPSA) is 57.6 Å². The van der Waals surface area contributed by atoms with Crippen LogP contribution in [0.3, 0.4) is 0 Å². The van der Waals surface area contributed by atoms with E-state index in [1.165, 1.54) is 24.6 Å². The lowest BCUT2D eigenvalue weighted by atomic mass is 10.2. The van der Waals surface area contributed by atoms with E-state index in [2.05, 4.69) is 0 Å². The molecule has 1 amide bonds. The van der Waals surface area contributed by atoms with Crippen LogP contribution in [0.2, 0.25) is 0 Å². The van der Waals surface area contributed by atoms with Gasteiger partial charge in [-0.3, -0.25) is 9.59 Å². The molecule has 1 fully saturated rings. The Morgan fingerprint density at radius 3 is 2.22 bits per heavy atom. The second kappa shape index (κ2) is 7.67. The molecule has 1 aliphatic heterocycles. The Hall–Kier alpha value is -0.710. The largest absolute Gasteiger partial charge is 0.481 e. The molecule has 1 aliphatic rings. The summed E-state index contributed by atoms with van der Waals surface area (Å²) >= 11 is 1.45. The van der Waals surface area contributed by atoms with Crippen LogP contribution in [0.5, 0.6) is 0 Å². The molecule has 1 rings (SSSR count). The molecule has 2 unspecified atom stereocenters. The van der Waals surface area contributed by atoms with Crippen molar-refractivity contribution in [2.45, 2.75) is 44.8 Å². The van der Waals surface area contributed by atoms with Gasteiger partial charge in [-0.05, 0) is 19.8 Å². The lowest BCUT2D eigenvalue weighted by Gasteiger charge is -2.24. The number of rotatable bonds is 5. The summed E-state index contributed by atoms with van der Waals surface area (Å²) in [5, 5.41) is 8.68. The zero-order chi connectivity index (χ0) is 13.5. The van der Waals surface area contributed by atoms with Crippen molar-refractivity contribution in [3.63, 3.8) is 0 Å². The quantitative estimate of drug-likeness (QED) is 0.834. The normalized spacial score (nSPS) is 20.0. The maximum atomic E-state index is 12.2. The Kier molecular flexibility index (Phi) is 6.54. The van der Waals surface area contributed by atoms with E-state index in [0.29, 0.717) is 5.75 Å². The summed E-state index contributed by atoms with van der Waals surface area (Å²) in [4.78, 5) is 24.9. The van der Waals surface area contributed by atoms with E-state index in [1.54, 1.807) is 6.92 Å². The van der Waals surface area contributed by atoms with Crippen molar-refractivity contribution in [3.05, 3.63) is 0 Å². The van der Waals surface area contributed by atoms with E-state index >= 15 is 0 Å². The molecule has 0 aliphatic carbocycles. The lowest BCUT2D eigenvalue weighted by Crippen LogP contribution is -2.37. The summed E-state index contributed by atoms with van der Waals surface area (Å²) < 4.78 is 0. The molecule has 2 atom stereocenters. The van der Waals surface area contributed by atoms with E-state index in [4.69, 9.17) is 5.11 Å². The number of hydrogen-bond donors (Lipinski definition) is 1. The highest BCUT2D eigenvalue weighted by Crippen LogP contribution is 2.19. The fourth-order valence-electron chi connectivity index (χ4n) is 1.98. The molecular formula is C13H23NO3S. The molecule has 0 bridgehead atoms. The molecule has 0 aromatic rings. The predicted molar refractivity (Wildman–Crippen MR) is 73.8 cm³/mol. The number of aliphatic carboxylic acids is 1. The van der Waals surface area contributed by atoms with Crippen LogP contribution >= 0.6 is 11.8 Å². The number of hydrogen-bond acceptors (Lipinski definition) is 3. The highest BCUT2D eigenvalue weighted by molar-refractivity contribution is 8.00. The van der Waals surface area contributed by atoms with Gasteiger partial charge in [0, 0.05) is 18.8 Å². The van der Waals surface area contributed by atoms with Crippen molar-refractivity contribution in [1.82, 2.24) is 4.90 Å². The monoisotopic (exact) mass is 273 g/mol. The summed E-state index contributed by atoms with van der Waals surface area (Å²) in [7, 11) is 0. The van der Waals surface area contributed by atoms with E-state index in [0.717, 1.165) is 25.9 Å². The van der Waals surface area contributed by atoms with E-state index in [1.807, 2.05) is 11.8 Å². The van der Waals surface area contributed by atoms with Gasteiger partial charge in [-0.25, -0.2) is 0 Å². The van der Waals surface area contributed by atoms with Crippen LogP contribution in [0.15, 0.2) is 0 Å². The zero-order valence-electron chi connectivity index (χ0n) is 11.2. The predicted octanol–water partition coefficient (Wildman–Crippen LogP) is 2.23. The van der Waals surface area contributed by atoms with Crippen molar-refractivity contribution in [2.75, 3.05) is 18.8 Å². The SMILES string of the molecule is CC(CSC(C)C(=O)N1CCCCCC1)C(=O)O. The van der Waals surface area contributed by atoms with Gasteiger partial charge in [-0.1, -0.05) is 19.8 Å². The summed E-state index contributed by atoms with van der Waals surface area (Å²) in [5.74, 6) is -0.526. The number of nitrogens with zero attached hydrogens (tertiary/aromatic N) is 1. The molecule has 1 saturated heterocycles. The van der Waals surface area contributed by atoms with Gasteiger partial charge >= 0.3 is 5.97 Å². The van der Waals surface area contributed by atoms with Gasteiger partial charge < -0.3 is 10.0 Å². The molecule has 1 heterocycles. The standard InChI is InChI=1S/C13H23NO3S/c1-10(13(16)17)9-18-11(2)12(15)14-7-5-3-4-6-8-14/h10-11H,3-9H2,1-2H3,(H,16,17). The Balaban J connectivity index is 2.37. The maximum Gasteiger partial charge on any atom is 0.307 e. The van der Waals surface area contributed by atoms with Gasteiger partial charge in [-0.2, -0.15) is 0 Å². The molecule has 104 valence electrons. The number of likely N-dealkylation sites (tertiary alicyclic amines) is 1. The highest BCUT2D eigenvalue weighted by atomic mass is 32.2. The van der Waals surface area contributed by atoms with Crippen molar-refractivity contribution in [3.8, 4) is 0 Å². The molecule has 5 heteroatoms. The smallest absolute Gasteiger partial charge is 0.307 e. The Bertz CT molecular complexity index is 288. The molecule has 4 nitrogen and oxygen atoms in total. The third-order valence-electron chi connectivity index (χ3n) is 3.28. The first-order valence-electron chi connectivity index (χ1n) is 6.65. The molecule has 1 N–H and O–H groups in total. The summed E-state index contributed by atoms with van der Waals surface area (Å²) in [6.07, 6.45) is 4.60. The van der Waals surface area contributed by atoms with Crippen LogP contribution in [0.1, 0.15) is 39.5 Å². The second-order valence-corrected chi connectivity index (χ2v) is 6.33. The minimum absolute atomic E-state index is 0.134. The summed E-state index contributed by atoms with van der Waals surface area (Å²) in [6, 6.07) is 0. The third-order valence-corrected chi connectivity index (χ3v) is 4.68. The van der Waals surface area contributed by atoms with Gasteiger partial charge in [0.2, 0.25) is 5.91 Å². The number of carboxylic acids is 1. The Morgan fingerprint density at radius 2 is 1.72 bits per heavy atom. The van der Waals surface area contributed by atoms with Crippen LogP contribution in [0, 0.1) is 5.92 Å². The fraction of sp³-hybridized carbons (Fsp3) is 0.846. The Morgan fingerprint density at radius 1 is 1.17 bits per heavy atom. The van der Waals surface area contributed by atoms with Crippen LogP contribution in [-0.2, 0) is 9.59 Å². The van der Waals surface area contributed by atoms with Crippen molar-refractivity contribution in [2.24, 2.45) is 5.92 Å². The number of carboxylic acid groups (broad SMARTS) is 1. The molecule has 18 heavy (non-hydrogen) atoms. The fourth-order valence-corrected chi connectivity index (χ4v) is 2.99. The average molecular weight is 273 g/mol. The average Bonchev–Trinajstić information content (AvgIpc) is 2.63. The Labute approximate surface area is 113 Å². The first-order valence-corrected chi connectivity index (χ1v) is 7.70. The molecule has 0 spiro atoms. The van der Waals surface area contributed by atoms with Gasteiger partial charge in [0.1, 0.15) is 0 Å². The first kappa shape index (κ1) is 15.3. The summed E-state index contributed by atoms with van der Waals surface area (Å²) in [5.41, 5.74) is 0. The second-order valence-electron chi connectivity index (χ2n) is 4.95. The van der Waals surface area contributed by atoms with Gasteiger partial charge in [0.05, 0.1) is 11.2 Å². The van der Waals surface area contributed by atoms with Crippen LogP contribution in [0.25, 0.3) is 0 Å². The highest BCUT2D eigenvalue weighted by Gasteiger charge is 2.23. The summed E-state index contributed by atoms with van der Waals surface area (Å²) in [6.45, 7) is 5.28. The van der Waals surface area contributed by atoms with Gasteiger partial charge in [0.25, 0.3) is 0 Å². The number of thioether (sulfide) groups is 1. The van der Waals surface area contributed by atoms with Crippen LogP contribution < -0.4 is 0 Å². The number of carbonyl (C=O) groups excluding carboxylic acids is 1. The molecular weight excluding hydrogens is 250 g/mol. The minimum atomic E-state index is -0.795. The zero-order valence-corrected chi connectivity index (χ0v) is 12.0. The van der Waals surface area contributed by atoms with Crippen molar-refractivity contribution >= 4 is 23.6 Å².